The Hall–Kier alpha value is -1.29. The average Bonchev–Trinajstić information content (AvgIpc) is 2.26. The number of rotatable bonds is 3. The Kier molecular flexibility index (Phi) is 3.06. The molecule has 0 saturated carbocycles. The van der Waals surface area contributed by atoms with Crippen molar-refractivity contribution in [2.75, 3.05) is 18.5 Å². The van der Waals surface area contributed by atoms with E-state index in [0.717, 1.165) is 18.5 Å². The predicted molar refractivity (Wildman–Crippen MR) is 57.6 cm³/mol. The number of nitrogens with two attached hydrogens (primary N) is 1. The van der Waals surface area contributed by atoms with Gasteiger partial charge in [-0.15, -0.1) is 0 Å². The van der Waals surface area contributed by atoms with Crippen LogP contribution in [0.15, 0.2) is 18.2 Å². The summed E-state index contributed by atoms with van der Waals surface area (Å²) in [5, 5.41) is 3.25. The standard InChI is InChI=1S/C11H15FN2O/c12-9-4-1-5-10-11(9)15-7-8(14-10)3-2-6-13/h1,4-5,8,14H,2-3,6-7,13H2. The van der Waals surface area contributed by atoms with Crippen molar-refractivity contribution in [1.82, 2.24) is 0 Å². The number of hydrogen-bond donors (Lipinski definition) is 2. The van der Waals surface area contributed by atoms with Gasteiger partial charge in [-0.25, -0.2) is 4.39 Å². The van der Waals surface area contributed by atoms with Crippen molar-refractivity contribution >= 4 is 5.69 Å². The van der Waals surface area contributed by atoms with E-state index in [1.165, 1.54) is 6.07 Å². The maximum atomic E-state index is 13.3. The fourth-order valence-electron chi connectivity index (χ4n) is 1.73. The number of para-hydroxylation sites is 1. The molecule has 2 rings (SSSR count). The number of halogens is 1. The summed E-state index contributed by atoms with van der Waals surface area (Å²) in [5.74, 6) is 0.0266. The minimum atomic E-state index is -0.308. The molecule has 0 saturated heterocycles. The molecule has 1 aromatic carbocycles. The highest BCUT2D eigenvalue weighted by molar-refractivity contribution is 5.58. The average molecular weight is 210 g/mol. The van der Waals surface area contributed by atoms with Crippen molar-refractivity contribution in [3.8, 4) is 5.75 Å². The van der Waals surface area contributed by atoms with Gasteiger partial charge < -0.3 is 15.8 Å². The molecule has 0 spiro atoms. The van der Waals surface area contributed by atoms with E-state index in [4.69, 9.17) is 10.5 Å². The lowest BCUT2D eigenvalue weighted by molar-refractivity contribution is 0.264. The van der Waals surface area contributed by atoms with Crippen LogP contribution in [-0.4, -0.2) is 19.2 Å². The second-order valence-corrected chi connectivity index (χ2v) is 3.70. The van der Waals surface area contributed by atoms with Crippen LogP contribution in [0, 0.1) is 5.82 Å². The van der Waals surface area contributed by atoms with Crippen LogP contribution in [0.5, 0.6) is 5.75 Å². The van der Waals surface area contributed by atoms with Crippen molar-refractivity contribution < 1.29 is 9.13 Å². The first-order valence-corrected chi connectivity index (χ1v) is 5.19. The molecule has 1 aliphatic rings. The van der Waals surface area contributed by atoms with Crippen molar-refractivity contribution in [2.24, 2.45) is 5.73 Å². The molecule has 0 radical (unpaired) electrons. The van der Waals surface area contributed by atoms with Gasteiger partial charge in [0.05, 0.1) is 11.7 Å². The SMILES string of the molecule is NCCCC1COc2c(F)cccc2N1. The fraction of sp³-hybridized carbons (Fsp3) is 0.455. The quantitative estimate of drug-likeness (QED) is 0.798. The summed E-state index contributed by atoms with van der Waals surface area (Å²) in [6.45, 7) is 1.18. The number of hydrogen-bond acceptors (Lipinski definition) is 3. The summed E-state index contributed by atoms with van der Waals surface area (Å²) in [4.78, 5) is 0. The summed E-state index contributed by atoms with van der Waals surface area (Å²) in [6, 6.07) is 5.15. The summed E-state index contributed by atoms with van der Waals surface area (Å²) < 4.78 is 18.7. The predicted octanol–water partition coefficient (Wildman–Crippen LogP) is 1.74. The van der Waals surface area contributed by atoms with Crippen LogP contribution in [0.25, 0.3) is 0 Å². The Bertz CT molecular complexity index is 343. The van der Waals surface area contributed by atoms with Crippen LogP contribution >= 0.6 is 0 Å². The molecule has 0 amide bonds. The third-order valence-electron chi connectivity index (χ3n) is 2.51. The van der Waals surface area contributed by atoms with Crippen LogP contribution < -0.4 is 15.8 Å². The van der Waals surface area contributed by atoms with Gasteiger partial charge in [-0.05, 0) is 31.5 Å². The highest BCUT2D eigenvalue weighted by Crippen LogP contribution is 2.31. The maximum Gasteiger partial charge on any atom is 0.178 e. The van der Waals surface area contributed by atoms with Crippen molar-refractivity contribution in [2.45, 2.75) is 18.9 Å². The molecule has 0 bridgehead atoms. The minimum absolute atomic E-state index is 0.239. The lowest BCUT2D eigenvalue weighted by atomic mass is 10.1. The second kappa shape index (κ2) is 4.49. The lowest BCUT2D eigenvalue weighted by Crippen LogP contribution is -2.32. The first-order chi connectivity index (χ1) is 7.31. The maximum absolute atomic E-state index is 13.3. The zero-order chi connectivity index (χ0) is 10.7. The third kappa shape index (κ3) is 2.21. The number of nitrogens with one attached hydrogen (secondary N) is 1. The number of fused-ring (bicyclic) bond motifs is 1. The molecule has 4 heteroatoms. The van der Waals surface area contributed by atoms with Crippen LogP contribution in [0.2, 0.25) is 0 Å². The molecule has 1 aromatic rings. The van der Waals surface area contributed by atoms with Gasteiger partial charge in [0.15, 0.2) is 11.6 Å². The normalized spacial score (nSPS) is 18.9. The van der Waals surface area contributed by atoms with Gasteiger partial charge in [0.25, 0.3) is 0 Å². The highest BCUT2D eigenvalue weighted by atomic mass is 19.1. The Morgan fingerprint density at radius 3 is 3.20 bits per heavy atom. The van der Waals surface area contributed by atoms with Gasteiger partial charge in [0, 0.05) is 0 Å². The van der Waals surface area contributed by atoms with E-state index < -0.39 is 0 Å². The van der Waals surface area contributed by atoms with E-state index >= 15 is 0 Å². The lowest BCUT2D eigenvalue weighted by Gasteiger charge is -2.27. The van der Waals surface area contributed by atoms with E-state index in [1.54, 1.807) is 6.07 Å². The first kappa shape index (κ1) is 10.2. The van der Waals surface area contributed by atoms with Crippen molar-refractivity contribution in [1.29, 1.82) is 0 Å². The van der Waals surface area contributed by atoms with E-state index in [-0.39, 0.29) is 11.9 Å². The van der Waals surface area contributed by atoms with Gasteiger partial charge in [0.2, 0.25) is 0 Å². The Morgan fingerprint density at radius 2 is 2.40 bits per heavy atom. The largest absolute Gasteiger partial charge is 0.486 e. The van der Waals surface area contributed by atoms with Crippen molar-refractivity contribution in [3.05, 3.63) is 24.0 Å². The molecular formula is C11H15FN2O. The molecule has 1 heterocycles. The molecule has 15 heavy (non-hydrogen) atoms. The molecule has 0 aliphatic carbocycles. The Morgan fingerprint density at radius 1 is 1.53 bits per heavy atom. The summed E-state index contributed by atoms with van der Waals surface area (Å²) in [7, 11) is 0. The highest BCUT2D eigenvalue weighted by Gasteiger charge is 2.20. The molecule has 1 aliphatic heterocycles. The van der Waals surface area contributed by atoms with Gasteiger partial charge in [-0.3, -0.25) is 0 Å². The Balaban J connectivity index is 2.07. The van der Waals surface area contributed by atoms with Gasteiger partial charge in [-0.1, -0.05) is 6.07 Å². The molecule has 82 valence electrons. The Labute approximate surface area is 88.4 Å². The molecule has 0 aromatic heterocycles. The molecule has 0 fully saturated rings. The van der Waals surface area contributed by atoms with E-state index in [9.17, 15) is 4.39 Å². The van der Waals surface area contributed by atoms with Crippen LogP contribution in [0.1, 0.15) is 12.8 Å². The van der Waals surface area contributed by atoms with Crippen LogP contribution in [-0.2, 0) is 0 Å². The third-order valence-corrected chi connectivity index (χ3v) is 2.51. The summed E-state index contributed by atoms with van der Waals surface area (Å²) in [6.07, 6.45) is 1.90. The van der Waals surface area contributed by atoms with Gasteiger partial charge in [0.1, 0.15) is 6.61 Å². The molecular weight excluding hydrogens is 195 g/mol. The smallest absolute Gasteiger partial charge is 0.178 e. The number of benzene rings is 1. The topological polar surface area (TPSA) is 47.3 Å². The number of ether oxygens (including phenoxy) is 1. The van der Waals surface area contributed by atoms with E-state index in [1.807, 2.05) is 6.07 Å². The number of anilines is 1. The molecule has 1 unspecified atom stereocenters. The van der Waals surface area contributed by atoms with Crippen molar-refractivity contribution in [3.63, 3.8) is 0 Å². The van der Waals surface area contributed by atoms with Gasteiger partial charge in [-0.2, -0.15) is 0 Å². The summed E-state index contributed by atoms with van der Waals surface area (Å²) in [5.41, 5.74) is 6.17. The molecule has 3 N–H and O–H groups in total. The van der Waals surface area contributed by atoms with Crippen LogP contribution in [0.4, 0.5) is 10.1 Å². The first-order valence-electron chi connectivity index (χ1n) is 5.19. The van der Waals surface area contributed by atoms with E-state index in [0.29, 0.717) is 18.9 Å². The minimum Gasteiger partial charge on any atom is -0.486 e. The zero-order valence-corrected chi connectivity index (χ0v) is 8.50. The second-order valence-electron chi connectivity index (χ2n) is 3.70. The molecule has 1 atom stereocenters. The summed E-state index contributed by atoms with van der Waals surface area (Å²) >= 11 is 0. The van der Waals surface area contributed by atoms with Gasteiger partial charge >= 0.3 is 0 Å². The molecule has 3 nitrogen and oxygen atoms in total. The fourth-order valence-corrected chi connectivity index (χ4v) is 1.73. The zero-order valence-electron chi connectivity index (χ0n) is 8.50. The van der Waals surface area contributed by atoms with Crippen LogP contribution in [0.3, 0.4) is 0 Å². The monoisotopic (exact) mass is 210 g/mol. The van der Waals surface area contributed by atoms with E-state index in [2.05, 4.69) is 5.32 Å².